The first-order valence-electron chi connectivity index (χ1n) is 7.50. The predicted octanol–water partition coefficient (Wildman–Crippen LogP) is 4.51. The summed E-state index contributed by atoms with van der Waals surface area (Å²) in [5, 5.41) is 10.4. The molecular weight excluding hydrogens is 220 g/mol. The highest BCUT2D eigenvalue weighted by Gasteiger charge is 2.22. The third-order valence-electron chi connectivity index (χ3n) is 4.41. The Bertz CT molecular complexity index is 325. The van der Waals surface area contributed by atoms with Gasteiger partial charge in [-0.15, -0.1) is 0 Å². The number of hydrogen-bond donors (Lipinski definition) is 1. The molecule has 18 heavy (non-hydrogen) atoms. The lowest BCUT2D eigenvalue weighted by atomic mass is 9.86. The molecule has 1 aliphatic carbocycles. The maximum Gasteiger partial charge on any atom is 0.0574 e. The van der Waals surface area contributed by atoms with Crippen molar-refractivity contribution in [3.05, 3.63) is 35.9 Å². The third kappa shape index (κ3) is 3.84. The van der Waals surface area contributed by atoms with Gasteiger partial charge in [-0.3, -0.25) is 0 Å². The van der Waals surface area contributed by atoms with Crippen molar-refractivity contribution in [1.29, 1.82) is 0 Å². The topological polar surface area (TPSA) is 20.2 Å². The van der Waals surface area contributed by atoms with Crippen LogP contribution in [-0.2, 0) is 0 Å². The van der Waals surface area contributed by atoms with Crippen LogP contribution < -0.4 is 0 Å². The summed E-state index contributed by atoms with van der Waals surface area (Å²) in [5.74, 6) is 1.00. The van der Waals surface area contributed by atoms with Crippen LogP contribution in [0.5, 0.6) is 0 Å². The SMILES string of the molecule is CC(CC(O)C1CCCCCC1)c1ccccc1. The molecule has 100 valence electrons. The predicted molar refractivity (Wildman–Crippen MR) is 76.7 cm³/mol. The number of aliphatic hydroxyl groups is 1. The molecule has 0 spiro atoms. The standard InChI is InChI=1S/C17H26O/c1-14(15-9-7-4-8-10-15)13-17(18)16-11-5-2-3-6-12-16/h4,7-10,14,16-18H,2-3,5-6,11-13H2,1H3. The van der Waals surface area contributed by atoms with Crippen molar-refractivity contribution in [2.75, 3.05) is 0 Å². The quantitative estimate of drug-likeness (QED) is 0.775. The molecule has 1 saturated carbocycles. The van der Waals surface area contributed by atoms with E-state index in [4.69, 9.17) is 0 Å². The Hall–Kier alpha value is -0.820. The number of rotatable bonds is 4. The Kier molecular flexibility index (Phi) is 5.25. The summed E-state index contributed by atoms with van der Waals surface area (Å²) in [6, 6.07) is 10.6. The fraction of sp³-hybridized carbons (Fsp3) is 0.647. The van der Waals surface area contributed by atoms with Gasteiger partial charge in [0, 0.05) is 0 Å². The summed E-state index contributed by atoms with van der Waals surface area (Å²) in [6.45, 7) is 2.23. The van der Waals surface area contributed by atoms with Crippen LogP contribution in [0.25, 0.3) is 0 Å². The second-order valence-electron chi connectivity index (χ2n) is 5.87. The molecule has 2 unspecified atom stereocenters. The Balaban J connectivity index is 1.88. The monoisotopic (exact) mass is 246 g/mol. The molecule has 0 aromatic heterocycles. The first kappa shape index (κ1) is 13.6. The normalized spacial score (nSPS) is 21.2. The van der Waals surface area contributed by atoms with E-state index in [1.807, 2.05) is 0 Å². The zero-order valence-electron chi connectivity index (χ0n) is 11.5. The second kappa shape index (κ2) is 6.94. The molecule has 1 nitrogen and oxygen atoms in total. The maximum absolute atomic E-state index is 10.4. The molecule has 0 amide bonds. The number of benzene rings is 1. The van der Waals surface area contributed by atoms with E-state index in [0.717, 1.165) is 6.42 Å². The lowest BCUT2D eigenvalue weighted by Gasteiger charge is -2.24. The van der Waals surface area contributed by atoms with E-state index >= 15 is 0 Å². The van der Waals surface area contributed by atoms with Crippen LogP contribution >= 0.6 is 0 Å². The third-order valence-corrected chi connectivity index (χ3v) is 4.41. The van der Waals surface area contributed by atoms with Crippen LogP contribution in [-0.4, -0.2) is 11.2 Å². The van der Waals surface area contributed by atoms with Crippen molar-refractivity contribution in [3.8, 4) is 0 Å². The van der Waals surface area contributed by atoms with Gasteiger partial charge < -0.3 is 5.11 Å². The fourth-order valence-corrected chi connectivity index (χ4v) is 3.17. The molecule has 1 aromatic carbocycles. The van der Waals surface area contributed by atoms with Crippen molar-refractivity contribution in [3.63, 3.8) is 0 Å². The number of aliphatic hydroxyl groups excluding tert-OH is 1. The van der Waals surface area contributed by atoms with Gasteiger partial charge in [0.2, 0.25) is 0 Å². The highest BCUT2D eigenvalue weighted by molar-refractivity contribution is 5.18. The van der Waals surface area contributed by atoms with Gasteiger partial charge >= 0.3 is 0 Å². The molecule has 0 saturated heterocycles. The molecule has 0 heterocycles. The number of hydrogen-bond acceptors (Lipinski definition) is 1. The summed E-state index contributed by atoms with van der Waals surface area (Å²) in [5.41, 5.74) is 1.35. The van der Waals surface area contributed by atoms with Crippen LogP contribution in [0, 0.1) is 5.92 Å². The van der Waals surface area contributed by atoms with Gasteiger partial charge in [0.05, 0.1) is 6.10 Å². The molecule has 0 bridgehead atoms. The molecule has 2 atom stereocenters. The summed E-state index contributed by atoms with van der Waals surface area (Å²) in [4.78, 5) is 0. The fourth-order valence-electron chi connectivity index (χ4n) is 3.17. The van der Waals surface area contributed by atoms with Crippen molar-refractivity contribution in [1.82, 2.24) is 0 Å². The molecule has 0 aliphatic heterocycles. The average molecular weight is 246 g/mol. The average Bonchev–Trinajstić information content (AvgIpc) is 2.68. The first-order chi connectivity index (χ1) is 8.77. The van der Waals surface area contributed by atoms with E-state index in [0.29, 0.717) is 11.8 Å². The Labute approximate surface area is 111 Å². The van der Waals surface area contributed by atoms with E-state index in [9.17, 15) is 5.11 Å². The summed E-state index contributed by atoms with van der Waals surface area (Å²) in [6.07, 6.45) is 8.58. The highest BCUT2D eigenvalue weighted by Crippen LogP contribution is 2.30. The Morgan fingerprint density at radius 2 is 1.67 bits per heavy atom. The van der Waals surface area contributed by atoms with Gasteiger partial charge in [0.15, 0.2) is 0 Å². The van der Waals surface area contributed by atoms with E-state index in [-0.39, 0.29) is 6.10 Å². The molecule has 1 aliphatic rings. The summed E-state index contributed by atoms with van der Waals surface area (Å²) in [7, 11) is 0. The van der Waals surface area contributed by atoms with Crippen molar-refractivity contribution in [2.24, 2.45) is 5.92 Å². The van der Waals surface area contributed by atoms with Crippen LogP contribution in [0.3, 0.4) is 0 Å². The first-order valence-corrected chi connectivity index (χ1v) is 7.50. The van der Waals surface area contributed by atoms with Crippen molar-refractivity contribution in [2.45, 2.75) is 63.9 Å². The molecule has 1 aromatic rings. The van der Waals surface area contributed by atoms with Crippen molar-refractivity contribution < 1.29 is 5.11 Å². The zero-order valence-corrected chi connectivity index (χ0v) is 11.5. The molecule has 1 N–H and O–H groups in total. The van der Waals surface area contributed by atoms with Gasteiger partial charge in [-0.2, -0.15) is 0 Å². The van der Waals surface area contributed by atoms with E-state index in [1.54, 1.807) is 0 Å². The molecular formula is C17H26O. The van der Waals surface area contributed by atoms with Crippen LogP contribution in [0.2, 0.25) is 0 Å². The van der Waals surface area contributed by atoms with Crippen molar-refractivity contribution >= 4 is 0 Å². The summed E-state index contributed by atoms with van der Waals surface area (Å²) >= 11 is 0. The van der Waals surface area contributed by atoms with Crippen LogP contribution in [0.1, 0.15) is 63.4 Å². The molecule has 0 radical (unpaired) electrons. The van der Waals surface area contributed by atoms with E-state index < -0.39 is 0 Å². The maximum atomic E-state index is 10.4. The highest BCUT2D eigenvalue weighted by atomic mass is 16.3. The minimum absolute atomic E-state index is 0.113. The second-order valence-corrected chi connectivity index (χ2v) is 5.87. The molecule has 2 rings (SSSR count). The van der Waals surface area contributed by atoms with Gasteiger partial charge in [0.25, 0.3) is 0 Å². The van der Waals surface area contributed by atoms with E-state index in [2.05, 4.69) is 37.3 Å². The van der Waals surface area contributed by atoms with Crippen LogP contribution in [0.15, 0.2) is 30.3 Å². The minimum Gasteiger partial charge on any atom is -0.393 e. The minimum atomic E-state index is -0.113. The lowest BCUT2D eigenvalue weighted by molar-refractivity contribution is 0.0845. The zero-order chi connectivity index (χ0) is 12.8. The van der Waals surface area contributed by atoms with E-state index in [1.165, 1.54) is 44.1 Å². The van der Waals surface area contributed by atoms with Gasteiger partial charge in [-0.1, -0.05) is 62.9 Å². The molecule has 1 heteroatoms. The Morgan fingerprint density at radius 1 is 1.06 bits per heavy atom. The lowest BCUT2D eigenvalue weighted by Crippen LogP contribution is -2.22. The van der Waals surface area contributed by atoms with Gasteiger partial charge in [-0.25, -0.2) is 0 Å². The Morgan fingerprint density at radius 3 is 2.28 bits per heavy atom. The van der Waals surface area contributed by atoms with Crippen LogP contribution in [0.4, 0.5) is 0 Å². The summed E-state index contributed by atoms with van der Waals surface area (Å²) < 4.78 is 0. The molecule has 1 fully saturated rings. The smallest absolute Gasteiger partial charge is 0.0574 e. The largest absolute Gasteiger partial charge is 0.393 e. The van der Waals surface area contributed by atoms with Gasteiger partial charge in [-0.05, 0) is 36.7 Å². The van der Waals surface area contributed by atoms with Gasteiger partial charge in [0.1, 0.15) is 0 Å².